The third-order valence-corrected chi connectivity index (χ3v) is 3.40. The first kappa shape index (κ1) is 13.1. The van der Waals surface area contributed by atoms with E-state index in [4.69, 9.17) is 17.3 Å². The Labute approximate surface area is 112 Å². The van der Waals surface area contributed by atoms with Gasteiger partial charge in [0.05, 0.1) is 12.0 Å². The molecule has 1 aromatic rings. The van der Waals surface area contributed by atoms with Crippen molar-refractivity contribution >= 4 is 17.5 Å². The number of hydrogen-bond acceptors (Lipinski definition) is 2. The summed E-state index contributed by atoms with van der Waals surface area (Å²) in [5.74, 6) is -0.0895. The Hall–Kier alpha value is -1.32. The summed E-state index contributed by atoms with van der Waals surface area (Å²) < 4.78 is 0. The largest absolute Gasteiger partial charge is 0.349 e. The van der Waals surface area contributed by atoms with Gasteiger partial charge in [-0.05, 0) is 31.0 Å². The maximum Gasteiger partial charge on any atom is 0.227 e. The number of nitrogens with two attached hydrogens (primary N) is 1. The van der Waals surface area contributed by atoms with Crippen LogP contribution < -0.4 is 11.1 Å². The van der Waals surface area contributed by atoms with E-state index in [-0.39, 0.29) is 23.9 Å². The Morgan fingerprint density at radius 1 is 1.50 bits per heavy atom. The number of halogens is 1. The van der Waals surface area contributed by atoms with Crippen LogP contribution in [0.1, 0.15) is 24.9 Å². The lowest BCUT2D eigenvalue weighted by atomic mass is 10.0. The molecule has 0 bridgehead atoms. The highest BCUT2D eigenvalue weighted by atomic mass is 35.5. The highest BCUT2D eigenvalue weighted by molar-refractivity contribution is 6.30. The molecule has 0 saturated carbocycles. The van der Waals surface area contributed by atoms with E-state index in [9.17, 15) is 4.79 Å². The van der Waals surface area contributed by atoms with Crippen LogP contribution in [0.2, 0.25) is 5.02 Å². The third kappa shape index (κ3) is 3.12. The van der Waals surface area contributed by atoms with Crippen LogP contribution in [0.3, 0.4) is 0 Å². The van der Waals surface area contributed by atoms with Crippen LogP contribution in [0, 0.1) is 5.92 Å². The second-order valence-electron chi connectivity index (χ2n) is 4.68. The first-order valence-electron chi connectivity index (χ1n) is 6.06. The summed E-state index contributed by atoms with van der Waals surface area (Å²) in [5, 5.41) is 3.66. The summed E-state index contributed by atoms with van der Waals surface area (Å²) in [7, 11) is 0. The zero-order chi connectivity index (χ0) is 13.1. The van der Waals surface area contributed by atoms with Crippen molar-refractivity contribution in [3.05, 3.63) is 47.0 Å². The van der Waals surface area contributed by atoms with Crippen LogP contribution >= 0.6 is 11.6 Å². The molecule has 1 aliphatic rings. The zero-order valence-corrected chi connectivity index (χ0v) is 11.0. The average Bonchev–Trinajstić information content (AvgIpc) is 2.76. The smallest absolute Gasteiger partial charge is 0.227 e. The van der Waals surface area contributed by atoms with Gasteiger partial charge < -0.3 is 11.1 Å². The summed E-state index contributed by atoms with van der Waals surface area (Å²) >= 11 is 5.93. The molecule has 2 unspecified atom stereocenters. The molecule has 0 fully saturated rings. The van der Waals surface area contributed by atoms with Crippen molar-refractivity contribution in [2.45, 2.75) is 25.4 Å². The second kappa shape index (κ2) is 5.55. The molecule has 1 aliphatic carbocycles. The van der Waals surface area contributed by atoms with Crippen molar-refractivity contribution in [1.82, 2.24) is 5.32 Å². The van der Waals surface area contributed by atoms with Gasteiger partial charge >= 0.3 is 0 Å². The number of amides is 1. The lowest BCUT2D eigenvalue weighted by Crippen LogP contribution is -2.32. The van der Waals surface area contributed by atoms with Gasteiger partial charge in [0.1, 0.15) is 0 Å². The predicted molar refractivity (Wildman–Crippen MR) is 73.2 cm³/mol. The van der Waals surface area contributed by atoms with E-state index < -0.39 is 0 Å². The van der Waals surface area contributed by atoms with Crippen molar-refractivity contribution < 1.29 is 4.79 Å². The minimum absolute atomic E-state index is 0.00206. The van der Waals surface area contributed by atoms with Gasteiger partial charge in [-0.25, -0.2) is 0 Å². The molecular weight excluding hydrogens is 248 g/mol. The molecule has 0 saturated heterocycles. The van der Waals surface area contributed by atoms with Gasteiger partial charge in [0, 0.05) is 11.1 Å². The lowest BCUT2D eigenvalue weighted by Gasteiger charge is -2.17. The van der Waals surface area contributed by atoms with Gasteiger partial charge in [-0.1, -0.05) is 35.9 Å². The normalized spacial score (nSPS) is 23.9. The van der Waals surface area contributed by atoms with E-state index in [2.05, 4.69) is 5.32 Å². The number of rotatable bonds is 3. The fraction of sp³-hybridized carbons (Fsp3) is 0.357. The summed E-state index contributed by atoms with van der Waals surface area (Å²) in [6.07, 6.45) is 4.45. The van der Waals surface area contributed by atoms with E-state index >= 15 is 0 Å². The van der Waals surface area contributed by atoms with Crippen LogP contribution in [-0.2, 0) is 4.79 Å². The topological polar surface area (TPSA) is 55.1 Å². The van der Waals surface area contributed by atoms with Gasteiger partial charge in [0.25, 0.3) is 0 Å². The van der Waals surface area contributed by atoms with Crippen LogP contribution in [0.25, 0.3) is 0 Å². The first-order chi connectivity index (χ1) is 8.56. The van der Waals surface area contributed by atoms with Crippen molar-refractivity contribution in [2.24, 2.45) is 11.7 Å². The standard InChI is InChI=1S/C14H17ClN2O/c1-9(10-3-2-4-12(15)7-10)17-14(18)11-5-6-13(16)8-11/h2-7,9,11,13H,8,16H2,1H3,(H,17,18)/t9-,11?,13?/m1/s1. The quantitative estimate of drug-likeness (QED) is 0.824. The maximum atomic E-state index is 12.0. The molecule has 0 aliphatic heterocycles. The molecular formula is C14H17ClN2O. The van der Waals surface area contributed by atoms with Gasteiger partial charge in [0.2, 0.25) is 5.91 Å². The van der Waals surface area contributed by atoms with Crippen molar-refractivity contribution in [3.8, 4) is 0 Å². The molecule has 0 heterocycles. The van der Waals surface area contributed by atoms with Crippen LogP contribution in [-0.4, -0.2) is 11.9 Å². The van der Waals surface area contributed by atoms with Gasteiger partial charge in [-0.2, -0.15) is 0 Å². The molecule has 96 valence electrons. The molecule has 0 aromatic heterocycles. The molecule has 3 atom stereocenters. The van der Waals surface area contributed by atoms with Crippen LogP contribution in [0.4, 0.5) is 0 Å². The molecule has 3 nitrogen and oxygen atoms in total. The van der Waals surface area contributed by atoms with Crippen LogP contribution in [0.5, 0.6) is 0 Å². The predicted octanol–water partition coefficient (Wildman–Crippen LogP) is 2.42. The van der Waals surface area contributed by atoms with Gasteiger partial charge in [-0.3, -0.25) is 4.79 Å². The summed E-state index contributed by atoms with van der Waals surface area (Å²) in [4.78, 5) is 12.0. The molecule has 3 N–H and O–H groups in total. The Bertz CT molecular complexity index is 473. The van der Waals surface area contributed by atoms with E-state index in [1.807, 2.05) is 43.3 Å². The summed E-state index contributed by atoms with van der Waals surface area (Å²) in [5.41, 5.74) is 6.74. The van der Waals surface area contributed by atoms with Crippen LogP contribution in [0.15, 0.2) is 36.4 Å². The molecule has 0 spiro atoms. The van der Waals surface area contributed by atoms with E-state index in [0.29, 0.717) is 11.4 Å². The number of nitrogens with one attached hydrogen (secondary N) is 1. The molecule has 4 heteroatoms. The molecule has 0 radical (unpaired) electrons. The number of carbonyl (C=O) groups is 1. The number of carbonyl (C=O) groups excluding carboxylic acids is 1. The Morgan fingerprint density at radius 2 is 2.28 bits per heavy atom. The summed E-state index contributed by atoms with van der Waals surface area (Å²) in [6, 6.07) is 7.46. The maximum absolute atomic E-state index is 12.0. The Balaban J connectivity index is 1.97. The Kier molecular flexibility index (Phi) is 4.04. The molecule has 1 amide bonds. The highest BCUT2D eigenvalue weighted by Gasteiger charge is 2.23. The van der Waals surface area contributed by atoms with Gasteiger partial charge in [-0.15, -0.1) is 0 Å². The molecule has 2 rings (SSSR count). The first-order valence-corrected chi connectivity index (χ1v) is 6.44. The molecule has 18 heavy (non-hydrogen) atoms. The Morgan fingerprint density at radius 3 is 2.89 bits per heavy atom. The SMILES string of the molecule is C[C@@H](NC(=O)C1C=CC(N)C1)c1cccc(Cl)c1. The fourth-order valence-electron chi connectivity index (χ4n) is 2.10. The zero-order valence-electron chi connectivity index (χ0n) is 10.3. The van der Waals surface area contributed by atoms with E-state index in [1.54, 1.807) is 0 Å². The summed E-state index contributed by atoms with van der Waals surface area (Å²) in [6.45, 7) is 1.95. The van der Waals surface area contributed by atoms with Crippen molar-refractivity contribution in [3.63, 3.8) is 0 Å². The average molecular weight is 265 g/mol. The second-order valence-corrected chi connectivity index (χ2v) is 5.11. The monoisotopic (exact) mass is 264 g/mol. The lowest BCUT2D eigenvalue weighted by molar-refractivity contribution is -0.124. The third-order valence-electron chi connectivity index (χ3n) is 3.16. The fourth-order valence-corrected chi connectivity index (χ4v) is 2.30. The van der Waals surface area contributed by atoms with Gasteiger partial charge in [0.15, 0.2) is 0 Å². The van der Waals surface area contributed by atoms with Crippen molar-refractivity contribution in [1.29, 1.82) is 0 Å². The van der Waals surface area contributed by atoms with E-state index in [0.717, 1.165) is 5.56 Å². The number of hydrogen-bond donors (Lipinski definition) is 2. The van der Waals surface area contributed by atoms with E-state index in [1.165, 1.54) is 0 Å². The minimum Gasteiger partial charge on any atom is -0.349 e. The number of benzene rings is 1. The highest BCUT2D eigenvalue weighted by Crippen LogP contribution is 2.20. The van der Waals surface area contributed by atoms with Crippen molar-refractivity contribution in [2.75, 3.05) is 0 Å². The molecule has 1 aromatic carbocycles. The minimum atomic E-state index is -0.110.